The lowest BCUT2D eigenvalue weighted by atomic mass is 10.1. The van der Waals surface area contributed by atoms with Gasteiger partial charge in [-0.05, 0) is 11.1 Å². The lowest BCUT2D eigenvalue weighted by Crippen LogP contribution is -2.33. The van der Waals surface area contributed by atoms with Crippen molar-refractivity contribution in [2.45, 2.75) is 37.3 Å². The maximum atomic E-state index is 12.2. The average Bonchev–Trinajstić information content (AvgIpc) is 3.07. The number of carbonyl (C=O) groups is 6. The molecule has 248 valence electrons. The molecule has 4 atom stereocenters. The molecule has 15 heteroatoms. The standard InChI is InChI=1S/C15H18O7.C9H10O3.C6H10O5/c1-19-12(16)9-11(14(17)21-3)22-15(18)13(20-2)10-7-5-4-6-8-10;1-12-9(11)8(10)7-5-3-2-4-6-7;1-10-5(8)3-4(7)6(9)11-2/h4-8,11,13H,9H2,1-3H3;2-6,8,10H,1H3;4,7H,3H2,1-2H3/t;8-;4-/m.00/s1. The van der Waals surface area contributed by atoms with Crippen LogP contribution in [0.2, 0.25) is 0 Å². The summed E-state index contributed by atoms with van der Waals surface area (Å²) in [5, 5.41) is 18.2. The highest BCUT2D eigenvalue weighted by atomic mass is 16.6. The van der Waals surface area contributed by atoms with Crippen molar-refractivity contribution >= 4 is 35.8 Å². The Morgan fingerprint density at radius 3 is 1.42 bits per heavy atom. The molecule has 2 N–H and O–H groups in total. The maximum absolute atomic E-state index is 12.2. The fraction of sp³-hybridized carbons (Fsp3) is 0.400. The van der Waals surface area contributed by atoms with Crippen molar-refractivity contribution in [2.24, 2.45) is 0 Å². The first-order valence-corrected chi connectivity index (χ1v) is 13.0. The molecule has 45 heavy (non-hydrogen) atoms. The zero-order valence-corrected chi connectivity index (χ0v) is 25.7. The van der Waals surface area contributed by atoms with Crippen LogP contribution in [0.25, 0.3) is 0 Å². The number of benzene rings is 2. The molecule has 2 aromatic carbocycles. The highest BCUT2D eigenvalue weighted by Gasteiger charge is 2.31. The van der Waals surface area contributed by atoms with Crippen molar-refractivity contribution in [3.05, 3.63) is 71.8 Å². The zero-order chi connectivity index (χ0) is 34.4. The molecule has 0 aliphatic carbocycles. The molecule has 0 aliphatic heterocycles. The summed E-state index contributed by atoms with van der Waals surface area (Å²) in [6, 6.07) is 17.3. The molecule has 0 radical (unpaired) electrons. The lowest BCUT2D eigenvalue weighted by molar-refractivity contribution is -0.176. The number of esters is 6. The molecule has 0 aliphatic rings. The summed E-state index contributed by atoms with van der Waals surface area (Å²) in [7, 11) is 7.18. The Labute approximate surface area is 259 Å². The summed E-state index contributed by atoms with van der Waals surface area (Å²) < 4.78 is 31.9. The topological polar surface area (TPSA) is 207 Å². The Morgan fingerprint density at radius 1 is 0.556 bits per heavy atom. The average molecular weight is 639 g/mol. The molecule has 0 aromatic heterocycles. The highest BCUT2D eigenvalue weighted by molar-refractivity contribution is 5.86. The molecule has 0 saturated heterocycles. The van der Waals surface area contributed by atoms with Crippen molar-refractivity contribution in [2.75, 3.05) is 42.7 Å². The van der Waals surface area contributed by atoms with Crippen LogP contribution < -0.4 is 0 Å². The van der Waals surface area contributed by atoms with E-state index in [9.17, 15) is 33.9 Å². The third kappa shape index (κ3) is 15.4. The van der Waals surface area contributed by atoms with Crippen LogP contribution in [0.4, 0.5) is 0 Å². The monoisotopic (exact) mass is 638 g/mol. The van der Waals surface area contributed by atoms with Crippen LogP contribution >= 0.6 is 0 Å². The molecule has 15 nitrogen and oxygen atoms in total. The first-order valence-electron chi connectivity index (χ1n) is 13.0. The third-order valence-electron chi connectivity index (χ3n) is 5.46. The lowest BCUT2D eigenvalue weighted by Gasteiger charge is -2.19. The van der Waals surface area contributed by atoms with Gasteiger partial charge in [0.05, 0.1) is 48.4 Å². The molecule has 2 rings (SSSR count). The number of rotatable bonds is 12. The summed E-state index contributed by atoms with van der Waals surface area (Å²) in [6.45, 7) is 0. The first-order chi connectivity index (χ1) is 21.4. The van der Waals surface area contributed by atoms with Crippen molar-refractivity contribution in [3.63, 3.8) is 0 Å². The van der Waals surface area contributed by atoms with Gasteiger partial charge in [-0.15, -0.1) is 0 Å². The molecular formula is C30H38O15. The van der Waals surface area contributed by atoms with E-state index in [2.05, 4.69) is 23.7 Å². The summed E-state index contributed by atoms with van der Waals surface area (Å²) in [5.74, 6) is -4.47. The van der Waals surface area contributed by atoms with Crippen molar-refractivity contribution in [1.29, 1.82) is 0 Å². The summed E-state index contributed by atoms with van der Waals surface area (Å²) in [4.78, 5) is 66.8. The summed E-state index contributed by atoms with van der Waals surface area (Å²) in [5.41, 5.74) is 1.11. The maximum Gasteiger partial charge on any atom is 0.347 e. The predicted molar refractivity (Wildman–Crippen MR) is 153 cm³/mol. The Morgan fingerprint density at radius 2 is 1.00 bits per heavy atom. The van der Waals surface area contributed by atoms with Crippen LogP contribution in [0.5, 0.6) is 0 Å². The van der Waals surface area contributed by atoms with Crippen molar-refractivity contribution in [3.8, 4) is 0 Å². The van der Waals surface area contributed by atoms with Gasteiger partial charge in [0.15, 0.2) is 18.3 Å². The third-order valence-corrected chi connectivity index (χ3v) is 5.46. The second kappa shape index (κ2) is 22.6. The minimum absolute atomic E-state index is 0.372. The number of ether oxygens (including phenoxy) is 7. The Hall–Kier alpha value is -4.86. The fourth-order valence-electron chi connectivity index (χ4n) is 3.08. The van der Waals surface area contributed by atoms with Crippen molar-refractivity contribution < 1.29 is 72.1 Å². The smallest absolute Gasteiger partial charge is 0.347 e. The van der Waals surface area contributed by atoms with Gasteiger partial charge in [0, 0.05) is 7.11 Å². The summed E-state index contributed by atoms with van der Waals surface area (Å²) >= 11 is 0. The van der Waals surface area contributed by atoms with Gasteiger partial charge in [-0.2, -0.15) is 0 Å². The van der Waals surface area contributed by atoms with Gasteiger partial charge in [0.2, 0.25) is 6.10 Å². The zero-order valence-electron chi connectivity index (χ0n) is 25.7. The van der Waals surface area contributed by atoms with E-state index in [1.54, 1.807) is 54.6 Å². The molecule has 0 spiro atoms. The SMILES string of the molecule is COC(=O)CC(OC(=O)C(OC)c1ccccc1)C(=O)OC.COC(=O)C[C@H](O)C(=O)OC.COC(=O)[C@@H](O)c1ccccc1. The normalized spacial score (nSPS) is 12.4. The minimum Gasteiger partial charge on any atom is -0.469 e. The van der Waals surface area contributed by atoms with E-state index in [1.807, 2.05) is 6.07 Å². The van der Waals surface area contributed by atoms with Gasteiger partial charge < -0.3 is 43.4 Å². The van der Waals surface area contributed by atoms with E-state index in [-0.39, 0.29) is 6.42 Å². The van der Waals surface area contributed by atoms with Gasteiger partial charge in [-0.1, -0.05) is 60.7 Å². The second-order valence-electron chi connectivity index (χ2n) is 8.41. The molecule has 0 amide bonds. The predicted octanol–water partition coefficient (Wildman–Crippen LogP) is 0.998. The van der Waals surface area contributed by atoms with E-state index in [0.717, 1.165) is 14.2 Å². The van der Waals surface area contributed by atoms with Crippen LogP contribution in [0, 0.1) is 0 Å². The van der Waals surface area contributed by atoms with E-state index in [4.69, 9.17) is 14.6 Å². The fourth-order valence-corrected chi connectivity index (χ4v) is 3.08. The van der Waals surface area contributed by atoms with Crippen LogP contribution in [0.15, 0.2) is 60.7 Å². The highest BCUT2D eigenvalue weighted by Crippen LogP contribution is 2.19. The number of aliphatic hydroxyl groups excluding tert-OH is 2. The van der Waals surface area contributed by atoms with Crippen molar-refractivity contribution in [1.82, 2.24) is 0 Å². The Bertz CT molecular complexity index is 1200. The molecule has 0 saturated carbocycles. The minimum atomic E-state index is -1.42. The van der Waals surface area contributed by atoms with E-state index >= 15 is 0 Å². The Balaban J connectivity index is 0.000000710. The van der Waals surface area contributed by atoms with E-state index < -0.39 is 66.7 Å². The number of hydrogen-bond acceptors (Lipinski definition) is 15. The van der Waals surface area contributed by atoms with Crippen LogP contribution in [-0.2, 0) is 61.9 Å². The van der Waals surface area contributed by atoms with Crippen LogP contribution in [0.1, 0.15) is 36.2 Å². The van der Waals surface area contributed by atoms with E-state index in [0.29, 0.717) is 11.1 Å². The molecular weight excluding hydrogens is 600 g/mol. The number of methoxy groups -OCH3 is 6. The van der Waals surface area contributed by atoms with E-state index in [1.165, 1.54) is 28.4 Å². The van der Waals surface area contributed by atoms with Crippen LogP contribution in [-0.4, -0.2) is 101 Å². The number of hydrogen-bond donors (Lipinski definition) is 2. The Kier molecular flexibility index (Phi) is 20.2. The van der Waals surface area contributed by atoms with Gasteiger partial charge in [0.25, 0.3) is 0 Å². The quantitative estimate of drug-likeness (QED) is 0.246. The van der Waals surface area contributed by atoms with Gasteiger partial charge >= 0.3 is 35.8 Å². The first kappa shape index (κ1) is 40.1. The van der Waals surface area contributed by atoms with Gasteiger partial charge in [-0.25, -0.2) is 19.2 Å². The summed E-state index contributed by atoms with van der Waals surface area (Å²) in [6.07, 6.45) is -5.79. The largest absolute Gasteiger partial charge is 0.469 e. The van der Waals surface area contributed by atoms with Gasteiger partial charge in [0.1, 0.15) is 0 Å². The van der Waals surface area contributed by atoms with Gasteiger partial charge in [-0.3, -0.25) is 9.59 Å². The molecule has 0 fully saturated rings. The molecule has 0 heterocycles. The number of aliphatic hydroxyl groups is 2. The molecule has 2 unspecified atom stereocenters. The second-order valence-corrected chi connectivity index (χ2v) is 8.41. The van der Waals surface area contributed by atoms with Crippen LogP contribution in [0.3, 0.4) is 0 Å². The number of carbonyl (C=O) groups excluding carboxylic acids is 6. The molecule has 0 bridgehead atoms. The molecule has 2 aromatic rings.